The Morgan fingerprint density at radius 2 is 1.83 bits per heavy atom. The molecule has 0 amide bonds. The van der Waals surface area contributed by atoms with Gasteiger partial charge in [0.05, 0.1) is 36.7 Å². The van der Waals surface area contributed by atoms with E-state index in [0.29, 0.717) is 35.2 Å². The SMILES string of the molecule is C[C@H](c1cccc(-c2ncc(OCC3CCN(C)CC3)cn2)c1)n1c2c(cc(F)c1=O)-c1cc(C#N)ccc1C2(F)F. The van der Waals surface area contributed by atoms with Gasteiger partial charge in [-0.15, -0.1) is 0 Å². The topological polar surface area (TPSA) is 84.0 Å². The summed E-state index contributed by atoms with van der Waals surface area (Å²) in [5.74, 6) is -3.27. The molecule has 42 heavy (non-hydrogen) atoms. The number of hydrogen-bond donors (Lipinski definition) is 0. The first-order valence-electron chi connectivity index (χ1n) is 13.8. The Bertz CT molecular complexity index is 1760. The van der Waals surface area contributed by atoms with E-state index in [9.17, 15) is 14.4 Å². The Morgan fingerprint density at radius 1 is 1.10 bits per heavy atom. The van der Waals surface area contributed by atoms with Gasteiger partial charge in [0, 0.05) is 16.7 Å². The first-order chi connectivity index (χ1) is 20.2. The van der Waals surface area contributed by atoms with Crippen LogP contribution < -0.4 is 10.3 Å². The van der Waals surface area contributed by atoms with E-state index < -0.39 is 29.0 Å². The normalized spacial score (nSPS) is 16.9. The smallest absolute Gasteiger partial charge is 0.314 e. The van der Waals surface area contributed by atoms with Crippen LogP contribution in [0.2, 0.25) is 0 Å². The van der Waals surface area contributed by atoms with Crippen LogP contribution in [0.25, 0.3) is 22.5 Å². The van der Waals surface area contributed by atoms with E-state index in [4.69, 9.17) is 4.74 Å². The highest BCUT2D eigenvalue weighted by Gasteiger charge is 2.48. The summed E-state index contributed by atoms with van der Waals surface area (Å²) in [5, 5.41) is 9.28. The van der Waals surface area contributed by atoms with E-state index in [1.807, 2.05) is 6.07 Å². The number of rotatable bonds is 6. The fourth-order valence-electron chi connectivity index (χ4n) is 5.81. The Labute approximate surface area is 240 Å². The summed E-state index contributed by atoms with van der Waals surface area (Å²) in [6.07, 6.45) is 5.36. The minimum absolute atomic E-state index is 0.0363. The van der Waals surface area contributed by atoms with Gasteiger partial charge in [0.1, 0.15) is 5.69 Å². The molecule has 214 valence electrons. The second kappa shape index (κ2) is 10.7. The zero-order valence-electron chi connectivity index (χ0n) is 23.2. The van der Waals surface area contributed by atoms with Gasteiger partial charge in [-0.25, -0.2) is 14.4 Å². The number of hydrogen-bond acceptors (Lipinski definition) is 6. The first-order valence-corrected chi connectivity index (χ1v) is 13.8. The first kappa shape index (κ1) is 27.7. The standard InChI is InChI=1S/C32H28F3N5O2/c1-19(40-29-26(14-28(33)31(40)41)25-12-21(15-36)6-7-27(25)32(29,34)35)22-4-3-5-23(13-22)30-37-16-24(17-38-30)42-18-20-8-10-39(2)11-9-20/h3-7,12-14,16-17,19-20H,8-11,18H2,1-2H3/t19-/m1/s1. The maximum atomic E-state index is 15.8. The van der Waals surface area contributed by atoms with Gasteiger partial charge in [-0.05, 0) is 81.2 Å². The molecule has 2 aliphatic rings. The molecular weight excluding hydrogens is 543 g/mol. The molecule has 1 fully saturated rings. The average molecular weight is 572 g/mol. The maximum Gasteiger partial charge on any atom is 0.314 e. The van der Waals surface area contributed by atoms with Crippen LogP contribution >= 0.6 is 0 Å². The number of halogens is 3. The molecule has 7 nitrogen and oxygen atoms in total. The van der Waals surface area contributed by atoms with E-state index in [2.05, 4.69) is 21.9 Å². The molecule has 0 saturated carbocycles. The van der Waals surface area contributed by atoms with Crippen molar-refractivity contribution in [1.29, 1.82) is 5.26 Å². The molecule has 4 aromatic rings. The van der Waals surface area contributed by atoms with E-state index in [-0.39, 0.29) is 22.3 Å². The highest BCUT2D eigenvalue weighted by molar-refractivity contribution is 5.79. The van der Waals surface area contributed by atoms with Crippen molar-refractivity contribution in [3.05, 3.63) is 99.5 Å². The predicted octanol–water partition coefficient (Wildman–Crippen LogP) is 5.77. The average Bonchev–Trinajstić information content (AvgIpc) is 3.22. The zero-order chi connectivity index (χ0) is 29.6. The Morgan fingerprint density at radius 3 is 2.55 bits per heavy atom. The largest absolute Gasteiger partial charge is 0.490 e. The Hall–Kier alpha value is -4.49. The lowest BCUT2D eigenvalue weighted by molar-refractivity contribution is 0.0374. The molecule has 3 heterocycles. The molecule has 1 aliphatic heterocycles. The Balaban J connectivity index is 1.30. The lowest BCUT2D eigenvalue weighted by atomic mass is 9.98. The minimum atomic E-state index is -3.57. The lowest BCUT2D eigenvalue weighted by Gasteiger charge is -2.28. The van der Waals surface area contributed by atoms with Crippen molar-refractivity contribution in [1.82, 2.24) is 19.4 Å². The second-order valence-corrected chi connectivity index (χ2v) is 11.0. The highest BCUT2D eigenvalue weighted by Crippen LogP contribution is 2.51. The minimum Gasteiger partial charge on any atom is -0.490 e. The van der Waals surface area contributed by atoms with Crippen LogP contribution in [0.3, 0.4) is 0 Å². The third kappa shape index (κ3) is 4.84. The summed E-state index contributed by atoms with van der Waals surface area (Å²) >= 11 is 0. The van der Waals surface area contributed by atoms with Crippen LogP contribution in [0.1, 0.15) is 48.2 Å². The molecule has 0 spiro atoms. The summed E-state index contributed by atoms with van der Waals surface area (Å²) in [7, 11) is 2.11. The van der Waals surface area contributed by atoms with Crippen LogP contribution in [-0.4, -0.2) is 46.2 Å². The number of alkyl halides is 2. The van der Waals surface area contributed by atoms with Crippen LogP contribution in [0.4, 0.5) is 13.2 Å². The third-order valence-electron chi connectivity index (χ3n) is 8.23. The molecule has 0 bridgehead atoms. The van der Waals surface area contributed by atoms with E-state index in [0.717, 1.165) is 42.6 Å². The number of aromatic nitrogens is 3. The molecule has 2 aromatic carbocycles. The number of nitriles is 1. The molecule has 0 radical (unpaired) electrons. The lowest BCUT2D eigenvalue weighted by Crippen LogP contribution is -2.33. The molecule has 0 unspecified atom stereocenters. The van der Waals surface area contributed by atoms with Gasteiger partial charge in [0.15, 0.2) is 17.4 Å². The molecule has 6 rings (SSSR count). The number of nitrogens with zero attached hydrogens (tertiary/aromatic N) is 5. The van der Waals surface area contributed by atoms with Gasteiger partial charge in [-0.3, -0.25) is 9.36 Å². The zero-order valence-corrected chi connectivity index (χ0v) is 23.2. The van der Waals surface area contributed by atoms with Gasteiger partial charge >= 0.3 is 5.92 Å². The van der Waals surface area contributed by atoms with Crippen molar-refractivity contribution < 1.29 is 17.9 Å². The van der Waals surface area contributed by atoms with E-state index >= 15 is 8.78 Å². The van der Waals surface area contributed by atoms with Crippen molar-refractivity contribution >= 4 is 0 Å². The molecule has 0 N–H and O–H groups in total. The van der Waals surface area contributed by atoms with Crippen molar-refractivity contribution in [2.24, 2.45) is 5.92 Å². The quantitative estimate of drug-likeness (QED) is 0.292. The third-order valence-corrected chi connectivity index (χ3v) is 8.23. The maximum absolute atomic E-state index is 15.8. The summed E-state index contributed by atoms with van der Waals surface area (Å²) in [4.78, 5) is 24.2. The van der Waals surface area contributed by atoms with Gasteiger partial charge in [-0.1, -0.05) is 24.3 Å². The number of fused-ring (bicyclic) bond motifs is 3. The molecule has 1 aliphatic carbocycles. The number of pyridine rings is 1. The van der Waals surface area contributed by atoms with Crippen LogP contribution in [0.15, 0.2) is 65.7 Å². The van der Waals surface area contributed by atoms with Gasteiger partial charge in [-0.2, -0.15) is 14.0 Å². The van der Waals surface area contributed by atoms with Gasteiger partial charge in [0.25, 0.3) is 5.56 Å². The summed E-state index contributed by atoms with van der Waals surface area (Å²) in [5.41, 5.74) is -0.923. The highest BCUT2D eigenvalue weighted by atomic mass is 19.3. The summed E-state index contributed by atoms with van der Waals surface area (Å²) in [6, 6.07) is 12.4. The fraction of sp³-hybridized carbons (Fsp3) is 0.312. The van der Waals surface area contributed by atoms with Gasteiger partial charge in [0.2, 0.25) is 0 Å². The van der Waals surface area contributed by atoms with Crippen LogP contribution in [0, 0.1) is 23.1 Å². The second-order valence-electron chi connectivity index (χ2n) is 11.0. The molecule has 10 heteroatoms. The number of ether oxygens (including phenoxy) is 1. The van der Waals surface area contributed by atoms with Crippen molar-refractivity contribution in [2.75, 3.05) is 26.7 Å². The summed E-state index contributed by atoms with van der Waals surface area (Å²) in [6.45, 7) is 4.27. The van der Waals surface area contributed by atoms with Crippen molar-refractivity contribution in [3.63, 3.8) is 0 Å². The van der Waals surface area contributed by atoms with Crippen LogP contribution in [0.5, 0.6) is 5.75 Å². The molecule has 1 saturated heterocycles. The monoisotopic (exact) mass is 571 g/mol. The number of likely N-dealkylation sites (tertiary alicyclic amines) is 1. The number of benzene rings is 2. The molecule has 2 aromatic heterocycles. The number of piperidine rings is 1. The molecule has 1 atom stereocenters. The summed E-state index contributed by atoms with van der Waals surface area (Å²) < 4.78 is 53.3. The van der Waals surface area contributed by atoms with Crippen molar-refractivity contribution in [2.45, 2.75) is 31.7 Å². The van der Waals surface area contributed by atoms with Crippen molar-refractivity contribution in [3.8, 4) is 34.3 Å². The predicted molar refractivity (Wildman–Crippen MR) is 151 cm³/mol. The Kier molecular flexibility index (Phi) is 7.07. The van der Waals surface area contributed by atoms with E-state index in [1.54, 1.807) is 43.6 Å². The van der Waals surface area contributed by atoms with Gasteiger partial charge < -0.3 is 9.64 Å². The van der Waals surface area contributed by atoms with E-state index in [1.165, 1.54) is 12.1 Å². The fourth-order valence-corrected chi connectivity index (χ4v) is 5.81. The molecular formula is C32H28F3N5O2. The van der Waals surface area contributed by atoms with Crippen LogP contribution in [-0.2, 0) is 5.92 Å².